The third kappa shape index (κ3) is 3.48. The van der Waals surface area contributed by atoms with Gasteiger partial charge >= 0.3 is 0 Å². The number of halogens is 1. The van der Waals surface area contributed by atoms with Gasteiger partial charge in [0.1, 0.15) is 18.1 Å². The molecule has 0 amide bonds. The molecule has 0 aromatic heterocycles. The van der Waals surface area contributed by atoms with E-state index in [1.54, 1.807) is 13.2 Å². The largest absolute Gasteiger partial charge is 0.497 e. The maximum atomic E-state index is 10.6. The van der Waals surface area contributed by atoms with E-state index in [2.05, 4.69) is 15.9 Å². The predicted molar refractivity (Wildman–Crippen MR) is 78.1 cm³/mol. The maximum Gasteiger partial charge on any atom is 0.270 e. The molecule has 0 radical (unpaired) electrons. The predicted octanol–water partition coefficient (Wildman–Crippen LogP) is 3.94. The number of rotatable bonds is 5. The summed E-state index contributed by atoms with van der Waals surface area (Å²) in [5.41, 5.74) is 1.00. The molecule has 5 nitrogen and oxygen atoms in total. The molecular formula is C14H12BrNO4. The van der Waals surface area contributed by atoms with E-state index in [9.17, 15) is 10.1 Å². The number of non-ortho nitro benzene ring substituents is 1. The van der Waals surface area contributed by atoms with Crippen LogP contribution in [-0.2, 0) is 6.61 Å². The smallest absolute Gasteiger partial charge is 0.270 e. The third-order valence-electron chi connectivity index (χ3n) is 2.68. The zero-order valence-electron chi connectivity index (χ0n) is 10.7. The van der Waals surface area contributed by atoms with Crippen molar-refractivity contribution in [2.24, 2.45) is 0 Å². The fourth-order valence-electron chi connectivity index (χ4n) is 1.60. The highest BCUT2D eigenvalue weighted by Crippen LogP contribution is 2.29. The molecule has 2 aromatic carbocycles. The second-order valence-electron chi connectivity index (χ2n) is 4.01. The average Bonchev–Trinajstić information content (AvgIpc) is 2.46. The van der Waals surface area contributed by atoms with E-state index in [-0.39, 0.29) is 5.69 Å². The molecule has 0 heterocycles. The minimum atomic E-state index is -0.446. The third-order valence-corrected chi connectivity index (χ3v) is 3.30. The molecule has 0 unspecified atom stereocenters. The lowest BCUT2D eigenvalue weighted by Crippen LogP contribution is -1.97. The molecule has 0 saturated carbocycles. The summed E-state index contributed by atoms with van der Waals surface area (Å²) in [4.78, 5) is 10.2. The minimum Gasteiger partial charge on any atom is -0.497 e. The van der Waals surface area contributed by atoms with Gasteiger partial charge in [-0.1, -0.05) is 12.1 Å². The van der Waals surface area contributed by atoms with Crippen LogP contribution in [0, 0.1) is 10.1 Å². The maximum absolute atomic E-state index is 10.6. The molecule has 104 valence electrons. The van der Waals surface area contributed by atoms with Crippen molar-refractivity contribution in [1.82, 2.24) is 0 Å². The molecule has 2 rings (SSSR count). The summed E-state index contributed by atoms with van der Waals surface area (Å²) in [6.45, 7) is 0.375. The molecule has 0 aliphatic rings. The van der Waals surface area contributed by atoms with E-state index in [1.807, 2.05) is 24.3 Å². The van der Waals surface area contributed by atoms with Crippen LogP contribution < -0.4 is 9.47 Å². The van der Waals surface area contributed by atoms with Crippen molar-refractivity contribution in [2.75, 3.05) is 7.11 Å². The Kier molecular flexibility index (Phi) is 4.57. The Balaban J connectivity index is 2.04. The first-order chi connectivity index (χ1) is 9.60. The summed E-state index contributed by atoms with van der Waals surface area (Å²) in [6.07, 6.45) is 0. The average molecular weight is 338 g/mol. The van der Waals surface area contributed by atoms with Crippen molar-refractivity contribution in [1.29, 1.82) is 0 Å². The first kappa shape index (κ1) is 14.3. The van der Waals surface area contributed by atoms with Gasteiger partial charge in [0.2, 0.25) is 0 Å². The first-order valence-electron chi connectivity index (χ1n) is 5.80. The van der Waals surface area contributed by atoms with E-state index < -0.39 is 4.92 Å². The Morgan fingerprint density at radius 2 is 1.90 bits per heavy atom. The van der Waals surface area contributed by atoms with Crippen LogP contribution in [0.5, 0.6) is 11.5 Å². The SMILES string of the molecule is COc1ccc(COc2ccc([N+](=O)[O-])cc2Br)cc1. The Bertz CT molecular complexity index is 613. The van der Waals surface area contributed by atoms with E-state index >= 15 is 0 Å². The van der Waals surface area contributed by atoms with Gasteiger partial charge in [0.05, 0.1) is 16.5 Å². The second-order valence-corrected chi connectivity index (χ2v) is 4.86. The molecule has 0 bridgehead atoms. The van der Waals surface area contributed by atoms with Gasteiger partial charge in [-0.05, 0) is 39.7 Å². The number of nitro benzene ring substituents is 1. The minimum absolute atomic E-state index is 0.0219. The molecule has 6 heteroatoms. The lowest BCUT2D eigenvalue weighted by Gasteiger charge is -2.08. The fraction of sp³-hybridized carbons (Fsp3) is 0.143. The van der Waals surface area contributed by atoms with Crippen molar-refractivity contribution in [3.8, 4) is 11.5 Å². The van der Waals surface area contributed by atoms with Crippen LogP contribution in [0.2, 0.25) is 0 Å². The standard InChI is InChI=1S/C14H12BrNO4/c1-19-12-5-2-10(3-6-12)9-20-14-7-4-11(16(17)18)8-13(14)15/h2-8H,9H2,1H3. The van der Waals surface area contributed by atoms with Crippen LogP contribution in [-0.4, -0.2) is 12.0 Å². The Hall–Kier alpha value is -2.08. The van der Waals surface area contributed by atoms with E-state index in [4.69, 9.17) is 9.47 Å². The lowest BCUT2D eigenvalue weighted by atomic mass is 10.2. The summed E-state index contributed by atoms with van der Waals surface area (Å²) in [5, 5.41) is 10.6. The van der Waals surface area contributed by atoms with Crippen molar-refractivity contribution >= 4 is 21.6 Å². The first-order valence-corrected chi connectivity index (χ1v) is 6.59. The molecule has 0 atom stereocenters. The number of hydrogen-bond donors (Lipinski definition) is 0. The van der Waals surface area contributed by atoms with E-state index in [0.717, 1.165) is 11.3 Å². The van der Waals surface area contributed by atoms with Crippen molar-refractivity contribution in [3.63, 3.8) is 0 Å². The van der Waals surface area contributed by atoms with Gasteiger partial charge in [0.15, 0.2) is 0 Å². The quantitative estimate of drug-likeness (QED) is 0.612. The number of methoxy groups -OCH3 is 1. The Labute approximate surface area is 124 Å². The Morgan fingerprint density at radius 1 is 1.20 bits per heavy atom. The number of nitrogens with zero attached hydrogens (tertiary/aromatic N) is 1. The normalized spacial score (nSPS) is 10.1. The number of nitro groups is 1. The van der Waals surface area contributed by atoms with Gasteiger partial charge in [0, 0.05) is 12.1 Å². The molecule has 0 aliphatic heterocycles. The number of hydrogen-bond acceptors (Lipinski definition) is 4. The zero-order valence-corrected chi connectivity index (χ0v) is 12.3. The summed E-state index contributed by atoms with van der Waals surface area (Å²) in [6, 6.07) is 11.9. The molecule has 20 heavy (non-hydrogen) atoms. The lowest BCUT2D eigenvalue weighted by molar-refractivity contribution is -0.385. The molecule has 0 aliphatic carbocycles. The highest BCUT2D eigenvalue weighted by atomic mass is 79.9. The van der Waals surface area contributed by atoms with Gasteiger partial charge in [-0.15, -0.1) is 0 Å². The fourth-order valence-corrected chi connectivity index (χ4v) is 2.08. The van der Waals surface area contributed by atoms with Gasteiger partial charge in [0.25, 0.3) is 5.69 Å². The number of benzene rings is 2. The van der Waals surface area contributed by atoms with Crippen LogP contribution in [0.15, 0.2) is 46.9 Å². The van der Waals surface area contributed by atoms with Gasteiger partial charge in [-0.25, -0.2) is 0 Å². The van der Waals surface area contributed by atoms with E-state index in [0.29, 0.717) is 16.8 Å². The van der Waals surface area contributed by atoms with Gasteiger partial charge in [-0.3, -0.25) is 10.1 Å². The summed E-state index contributed by atoms with van der Waals surface area (Å²) in [5.74, 6) is 1.34. The summed E-state index contributed by atoms with van der Waals surface area (Å²) in [7, 11) is 1.61. The van der Waals surface area contributed by atoms with Crippen molar-refractivity contribution in [3.05, 3.63) is 62.6 Å². The number of ether oxygens (including phenoxy) is 2. The summed E-state index contributed by atoms with van der Waals surface area (Å²) < 4.78 is 11.3. The molecule has 0 fully saturated rings. The van der Waals surface area contributed by atoms with Gasteiger partial charge < -0.3 is 9.47 Å². The molecule has 2 aromatic rings. The van der Waals surface area contributed by atoms with Crippen LogP contribution in [0.3, 0.4) is 0 Å². The van der Waals surface area contributed by atoms with E-state index in [1.165, 1.54) is 12.1 Å². The van der Waals surface area contributed by atoms with Crippen molar-refractivity contribution < 1.29 is 14.4 Å². The van der Waals surface area contributed by atoms with Crippen LogP contribution in [0.1, 0.15) is 5.56 Å². The monoisotopic (exact) mass is 337 g/mol. The second kappa shape index (κ2) is 6.38. The van der Waals surface area contributed by atoms with Crippen LogP contribution in [0.4, 0.5) is 5.69 Å². The molecular weight excluding hydrogens is 326 g/mol. The zero-order chi connectivity index (χ0) is 14.5. The van der Waals surface area contributed by atoms with Crippen LogP contribution >= 0.6 is 15.9 Å². The molecule has 0 N–H and O–H groups in total. The topological polar surface area (TPSA) is 61.6 Å². The molecule has 0 spiro atoms. The van der Waals surface area contributed by atoms with Gasteiger partial charge in [-0.2, -0.15) is 0 Å². The van der Waals surface area contributed by atoms with Crippen molar-refractivity contribution in [2.45, 2.75) is 6.61 Å². The molecule has 0 saturated heterocycles. The summed E-state index contributed by atoms with van der Waals surface area (Å²) >= 11 is 3.26. The van der Waals surface area contributed by atoms with Crippen LogP contribution in [0.25, 0.3) is 0 Å². The highest BCUT2D eigenvalue weighted by molar-refractivity contribution is 9.10. The Morgan fingerprint density at radius 3 is 2.45 bits per heavy atom. The highest BCUT2D eigenvalue weighted by Gasteiger charge is 2.09.